The fourth-order valence-electron chi connectivity index (χ4n) is 1.87. The van der Waals surface area contributed by atoms with Gasteiger partial charge >= 0.3 is 0 Å². The Kier molecular flexibility index (Phi) is 5.04. The van der Waals surface area contributed by atoms with Crippen molar-refractivity contribution in [3.63, 3.8) is 0 Å². The molecule has 0 amide bonds. The van der Waals surface area contributed by atoms with Crippen LogP contribution in [0.4, 0.5) is 0 Å². The van der Waals surface area contributed by atoms with E-state index < -0.39 is 0 Å². The van der Waals surface area contributed by atoms with Crippen molar-refractivity contribution in [1.82, 2.24) is 5.32 Å². The highest BCUT2D eigenvalue weighted by molar-refractivity contribution is 6.30. The van der Waals surface area contributed by atoms with Gasteiger partial charge in [-0.1, -0.05) is 30.2 Å². The molecule has 1 nitrogen and oxygen atoms in total. The minimum absolute atomic E-state index is 0.321. The van der Waals surface area contributed by atoms with Crippen molar-refractivity contribution in [3.8, 4) is 0 Å². The van der Waals surface area contributed by atoms with Crippen LogP contribution in [0.3, 0.4) is 0 Å². The SMILES string of the molecule is C=C(C)CC(NCC)c1cc(Cl)ccc1C. The lowest BCUT2D eigenvalue weighted by molar-refractivity contribution is 0.546. The van der Waals surface area contributed by atoms with Crippen LogP contribution in [0.5, 0.6) is 0 Å². The van der Waals surface area contributed by atoms with Gasteiger partial charge in [-0.2, -0.15) is 0 Å². The zero-order valence-electron chi connectivity index (χ0n) is 10.3. The van der Waals surface area contributed by atoms with Crippen LogP contribution < -0.4 is 5.32 Å². The van der Waals surface area contributed by atoms with Crippen LogP contribution in [0.25, 0.3) is 0 Å². The van der Waals surface area contributed by atoms with E-state index in [1.807, 2.05) is 12.1 Å². The molecule has 1 aromatic carbocycles. The Bertz CT molecular complexity index is 371. The van der Waals surface area contributed by atoms with Gasteiger partial charge in [0, 0.05) is 11.1 Å². The molecule has 0 heterocycles. The summed E-state index contributed by atoms with van der Waals surface area (Å²) in [7, 11) is 0. The second-order valence-electron chi connectivity index (χ2n) is 4.27. The number of rotatable bonds is 5. The Balaban J connectivity index is 2.99. The molecule has 1 atom stereocenters. The molecule has 0 saturated carbocycles. The molecule has 1 unspecified atom stereocenters. The standard InChI is InChI=1S/C14H20ClN/c1-5-16-14(8-10(2)3)13-9-12(15)7-6-11(13)4/h6-7,9,14,16H,2,5,8H2,1,3-4H3. The summed E-state index contributed by atoms with van der Waals surface area (Å²) in [5.41, 5.74) is 3.74. The maximum Gasteiger partial charge on any atom is 0.0409 e. The number of hydrogen-bond acceptors (Lipinski definition) is 1. The molecule has 0 spiro atoms. The lowest BCUT2D eigenvalue weighted by Gasteiger charge is -2.20. The summed E-state index contributed by atoms with van der Waals surface area (Å²) in [6.07, 6.45) is 0.953. The van der Waals surface area contributed by atoms with Crippen LogP contribution >= 0.6 is 11.6 Å². The molecule has 1 aromatic rings. The third-order valence-corrected chi connectivity index (χ3v) is 2.85. The van der Waals surface area contributed by atoms with Crippen LogP contribution in [0.1, 0.15) is 37.4 Å². The maximum absolute atomic E-state index is 6.05. The van der Waals surface area contributed by atoms with E-state index in [0.717, 1.165) is 18.0 Å². The second-order valence-corrected chi connectivity index (χ2v) is 4.71. The van der Waals surface area contributed by atoms with Gasteiger partial charge in [0.15, 0.2) is 0 Å². The molecule has 0 bridgehead atoms. The first-order valence-electron chi connectivity index (χ1n) is 5.68. The molecule has 16 heavy (non-hydrogen) atoms. The molecular formula is C14H20ClN. The topological polar surface area (TPSA) is 12.0 Å². The average molecular weight is 238 g/mol. The highest BCUT2D eigenvalue weighted by atomic mass is 35.5. The monoisotopic (exact) mass is 237 g/mol. The predicted molar refractivity (Wildman–Crippen MR) is 72.0 cm³/mol. The highest BCUT2D eigenvalue weighted by Gasteiger charge is 2.13. The number of nitrogens with one attached hydrogen (secondary N) is 1. The van der Waals surface area contributed by atoms with E-state index in [1.54, 1.807) is 0 Å². The van der Waals surface area contributed by atoms with Crippen LogP contribution in [0.2, 0.25) is 5.02 Å². The van der Waals surface area contributed by atoms with Crippen molar-refractivity contribution >= 4 is 11.6 Å². The van der Waals surface area contributed by atoms with E-state index in [1.165, 1.54) is 16.7 Å². The third kappa shape index (κ3) is 3.66. The Hall–Kier alpha value is -0.790. The summed E-state index contributed by atoms with van der Waals surface area (Å²) < 4.78 is 0. The summed E-state index contributed by atoms with van der Waals surface area (Å²) in [6.45, 7) is 11.2. The fraction of sp³-hybridized carbons (Fsp3) is 0.429. The van der Waals surface area contributed by atoms with E-state index in [2.05, 4.69) is 38.7 Å². The zero-order valence-corrected chi connectivity index (χ0v) is 11.1. The van der Waals surface area contributed by atoms with Gasteiger partial charge in [0.2, 0.25) is 0 Å². The van der Waals surface area contributed by atoms with Crippen molar-refractivity contribution in [2.45, 2.75) is 33.2 Å². The van der Waals surface area contributed by atoms with Crippen LogP contribution in [0, 0.1) is 6.92 Å². The lowest BCUT2D eigenvalue weighted by atomic mass is 9.96. The first kappa shape index (κ1) is 13.3. The van der Waals surface area contributed by atoms with Gasteiger partial charge < -0.3 is 5.32 Å². The van der Waals surface area contributed by atoms with E-state index in [9.17, 15) is 0 Å². The van der Waals surface area contributed by atoms with Gasteiger partial charge in [-0.05, 0) is 50.1 Å². The molecule has 0 radical (unpaired) electrons. The number of aryl methyl sites for hydroxylation is 1. The van der Waals surface area contributed by atoms with Gasteiger partial charge in [-0.25, -0.2) is 0 Å². The number of hydrogen-bond donors (Lipinski definition) is 1. The molecule has 0 aromatic heterocycles. The maximum atomic E-state index is 6.05. The Labute approximate surface area is 104 Å². The van der Waals surface area contributed by atoms with Gasteiger partial charge in [-0.15, -0.1) is 6.58 Å². The van der Waals surface area contributed by atoms with Crippen molar-refractivity contribution in [2.75, 3.05) is 6.54 Å². The fourth-order valence-corrected chi connectivity index (χ4v) is 2.05. The smallest absolute Gasteiger partial charge is 0.0409 e. The average Bonchev–Trinajstić information content (AvgIpc) is 2.20. The van der Waals surface area contributed by atoms with Crippen molar-refractivity contribution in [1.29, 1.82) is 0 Å². The van der Waals surface area contributed by atoms with Gasteiger partial charge in [0.05, 0.1) is 0 Å². The van der Waals surface area contributed by atoms with Crippen molar-refractivity contribution in [2.24, 2.45) is 0 Å². The normalized spacial score (nSPS) is 12.5. The molecule has 0 fully saturated rings. The summed E-state index contributed by atoms with van der Waals surface area (Å²) >= 11 is 6.05. The van der Waals surface area contributed by atoms with E-state index >= 15 is 0 Å². The van der Waals surface area contributed by atoms with Crippen LogP contribution in [-0.4, -0.2) is 6.54 Å². The molecule has 1 rings (SSSR count). The zero-order chi connectivity index (χ0) is 12.1. The second kappa shape index (κ2) is 6.07. The largest absolute Gasteiger partial charge is 0.310 e. The van der Waals surface area contributed by atoms with Crippen LogP contribution in [0.15, 0.2) is 30.4 Å². The minimum Gasteiger partial charge on any atom is -0.310 e. The molecule has 88 valence electrons. The predicted octanol–water partition coefficient (Wildman–Crippen LogP) is 4.27. The minimum atomic E-state index is 0.321. The first-order chi connectivity index (χ1) is 7.54. The lowest BCUT2D eigenvalue weighted by Crippen LogP contribution is -2.21. The Morgan fingerprint density at radius 1 is 1.50 bits per heavy atom. The van der Waals surface area contributed by atoms with Gasteiger partial charge in [-0.3, -0.25) is 0 Å². The van der Waals surface area contributed by atoms with E-state index in [4.69, 9.17) is 11.6 Å². The van der Waals surface area contributed by atoms with Gasteiger partial charge in [0.25, 0.3) is 0 Å². The van der Waals surface area contributed by atoms with Gasteiger partial charge in [0.1, 0.15) is 0 Å². The summed E-state index contributed by atoms with van der Waals surface area (Å²) in [5, 5.41) is 4.28. The number of halogens is 1. The van der Waals surface area contributed by atoms with Crippen LogP contribution in [-0.2, 0) is 0 Å². The molecule has 0 aliphatic heterocycles. The summed E-state index contributed by atoms with van der Waals surface area (Å²) in [5.74, 6) is 0. The molecular weight excluding hydrogens is 218 g/mol. The molecule has 0 aliphatic rings. The first-order valence-corrected chi connectivity index (χ1v) is 6.06. The molecule has 0 aliphatic carbocycles. The molecule has 1 N–H and O–H groups in total. The molecule has 2 heteroatoms. The Morgan fingerprint density at radius 2 is 2.19 bits per heavy atom. The summed E-state index contributed by atoms with van der Waals surface area (Å²) in [4.78, 5) is 0. The number of benzene rings is 1. The third-order valence-electron chi connectivity index (χ3n) is 2.62. The van der Waals surface area contributed by atoms with Crippen molar-refractivity contribution < 1.29 is 0 Å². The highest BCUT2D eigenvalue weighted by Crippen LogP contribution is 2.26. The molecule has 0 saturated heterocycles. The van der Waals surface area contributed by atoms with E-state index in [-0.39, 0.29) is 0 Å². The Morgan fingerprint density at radius 3 is 2.75 bits per heavy atom. The van der Waals surface area contributed by atoms with Crippen molar-refractivity contribution in [3.05, 3.63) is 46.5 Å². The quantitative estimate of drug-likeness (QED) is 0.755. The van der Waals surface area contributed by atoms with E-state index in [0.29, 0.717) is 6.04 Å². The summed E-state index contributed by atoms with van der Waals surface area (Å²) in [6, 6.07) is 6.37.